The predicted octanol–water partition coefficient (Wildman–Crippen LogP) is 3.58. The van der Waals surface area contributed by atoms with Crippen molar-refractivity contribution in [2.24, 2.45) is 0 Å². The van der Waals surface area contributed by atoms with Crippen LogP contribution in [0.25, 0.3) is 0 Å². The zero-order valence-electron chi connectivity index (χ0n) is 14.1. The molecule has 0 amide bonds. The van der Waals surface area contributed by atoms with Crippen LogP contribution in [0.4, 0.5) is 0 Å². The highest BCUT2D eigenvalue weighted by Crippen LogP contribution is 2.54. The number of hydrogen-bond donors (Lipinski definition) is 0. The van der Waals surface area contributed by atoms with Gasteiger partial charge in [-0.2, -0.15) is 0 Å². The van der Waals surface area contributed by atoms with E-state index in [1.165, 1.54) is 6.08 Å². The Bertz CT molecular complexity index is 496. The molecular formula is C13H22Cl4N3O5P. The van der Waals surface area contributed by atoms with Gasteiger partial charge in [0.25, 0.3) is 0 Å². The second-order valence-corrected chi connectivity index (χ2v) is 9.11. The van der Waals surface area contributed by atoms with Gasteiger partial charge in [0.15, 0.2) is 0 Å². The molecular weight excluding hydrogens is 451 g/mol. The van der Waals surface area contributed by atoms with Gasteiger partial charge in [0.1, 0.15) is 11.0 Å². The van der Waals surface area contributed by atoms with Gasteiger partial charge >= 0.3 is 13.6 Å². The number of rotatable bonds is 14. The van der Waals surface area contributed by atoms with Crippen LogP contribution in [-0.2, 0) is 13.8 Å². The first kappa shape index (κ1) is 24.2. The molecule has 0 saturated heterocycles. The lowest BCUT2D eigenvalue weighted by molar-refractivity contribution is -0.463. The molecule has 0 aromatic rings. The molecule has 152 valence electrons. The Morgan fingerprint density at radius 2 is 1.58 bits per heavy atom. The average Bonchev–Trinajstić information content (AvgIpc) is 3.09. The first-order valence-corrected chi connectivity index (χ1v) is 11.6. The van der Waals surface area contributed by atoms with Gasteiger partial charge in [0.05, 0.1) is 6.61 Å². The van der Waals surface area contributed by atoms with Crippen LogP contribution in [0.15, 0.2) is 12.0 Å². The Morgan fingerprint density at radius 3 is 1.92 bits per heavy atom. The molecule has 13 heteroatoms. The van der Waals surface area contributed by atoms with E-state index >= 15 is 0 Å². The van der Waals surface area contributed by atoms with Gasteiger partial charge in [-0.15, -0.1) is 46.4 Å². The van der Waals surface area contributed by atoms with Crippen LogP contribution in [0, 0.1) is 10.1 Å². The van der Waals surface area contributed by atoms with Crippen molar-refractivity contribution in [2.75, 3.05) is 56.3 Å². The highest BCUT2D eigenvalue weighted by Gasteiger charge is 2.39. The summed E-state index contributed by atoms with van der Waals surface area (Å²) in [5, 5.41) is 10.7. The summed E-state index contributed by atoms with van der Waals surface area (Å²) in [6.07, 6.45) is 1.07. The summed E-state index contributed by atoms with van der Waals surface area (Å²) in [6.45, 7) is 1.06. The molecule has 0 bridgehead atoms. The number of alkyl halides is 4. The maximum Gasteiger partial charge on any atom is 0.424 e. The maximum atomic E-state index is 13.7. The number of hydrogen-bond acceptors (Lipinski definition) is 5. The Balaban J connectivity index is 2.92. The minimum Gasteiger partial charge on any atom is -0.435 e. The lowest BCUT2D eigenvalue weighted by Gasteiger charge is -2.37. The molecule has 1 unspecified atom stereocenters. The standard InChI is InChI=1S/C13H22Cl4N3O5P/c14-3-7-18(8-4-15)26(23,19(9-5-16)10-6-17)24-11-12-1-2-13(25-12)20(21)22/h2,12H,1,3-11H2. The molecule has 0 N–H and O–H groups in total. The molecule has 0 spiro atoms. The molecule has 1 rings (SSSR count). The molecule has 1 heterocycles. The van der Waals surface area contributed by atoms with Crippen LogP contribution in [0.3, 0.4) is 0 Å². The predicted molar refractivity (Wildman–Crippen MR) is 104 cm³/mol. The average molecular weight is 473 g/mol. The van der Waals surface area contributed by atoms with E-state index in [1.54, 1.807) is 9.34 Å². The summed E-state index contributed by atoms with van der Waals surface area (Å²) < 4.78 is 27.8. The second kappa shape index (κ2) is 12.6. The minimum atomic E-state index is -3.55. The van der Waals surface area contributed by atoms with Crippen molar-refractivity contribution in [3.05, 3.63) is 22.1 Å². The number of halogens is 4. The largest absolute Gasteiger partial charge is 0.435 e. The van der Waals surface area contributed by atoms with Crippen LogP contribution in [-0.4, -0.2) is 76.7 Å². The van der Waals surface area contributed by atoms with Gasteiger partial charge in [-0.05, 0) is 0 Å². The molecule has 0 aromatic carbocycles. The van der Waals surface area contributed by atoms with Gasteiger partial charge in [-0.3, -0.25) is 14.7 Å². The van der Waals surface area contributed by atoms with Crippen LogP contribution in [0.1, 0.15) is 6.42 Å². The van der Waals surface area contributed by atoms with Crippen molar-refractivity contribution >= 4 is 54.1 Å². The van der Waals surface area contributed by atoms with E-state index in [1.807, 2.05) is 0 Å². The molecule has 0 aliphatic carbocycles. The van der Waals surface area contributed by atoms with Gasteiger partial charge < -0.3 is 9.26 Å². The normalized spacial score (nSPS) is 17.6. The Morgan fingerprint density at radius 1 is 1.12 bits per heavy atom. The van der Waals surface area contributed by atoms with E-state index in [9.17, 15) is 14.7 Å². The van der Waals surface area contributed by atoms with Crippen LogP contribution in [0.5, 0.6) is 0 Å². The highest BCUT2D eigenvalue weighted by molar-refractivity contribution is 7.54. The number of ether oxygens (including phenoxy) is 1. The van der Waals surface area contributed by atoms with E-state index in [2.05, 4.69) is 0 Å². The lowest BCUT2D eigenvalue weighted by atomic mass is 10.3. The minimum absolute atomic E-state index is 0.0900. The van der Waals surface area contributed by atoms with E-state index in [0.29, 0.717) is 6.42 Å². The molecule has 0 saturated carbocycles. The monoisotopic (exact) mass is 471 g/mol. The quantitative estimate of drug-likeness (QED) is 0.165. The van der Waals surface area contributed by atoms with Crippen molar-refractivity contribution in [3.63, 3.8) is 0 Å². The van der Waals surface area contributed by atoms with E-state index in [-0.39, 0.29) is 62.2 Å². The van der Waals surface area contributed by atoms with E-state index < -0.39 is 18.7 Å². The number of nitrogens with zero attached hydrogens (tertiary/aromatic N) is 3. The van der Waals surface area contributed by atoms with Gasteiger partial charge in [0, 0.05) is 62.2 Å². The number of nitro groups is 1. The van der Waals surface area contributed by atoms with Crippen molar-refractivity contribution in [3.8, 4) is 0 Å². The molecule has 1 atom stereocenters. The molecule has 0 fully saturated rings. The van der Waals surface area contributed by atoms with E-state index in [0.717, 1.165) is 0 Å². The van der Waals surface area contributed by atoms with Crippen molar-refractivity contribution in [1.29, 1.82) is 0 Å². The molecule has 0 radical (unpaired) electrons. The zero-order chi connectivity index (χ0) is 19.6. The van der Waals surface area contributed by atoms with Crippen LogP contribution >= 0.6 is 54.1 Å². The third kappa shape index (κ3) is 6.99. The van der Waals surface area contributed by atoms with Gasteiger partial charge in [-0.25, -0.2) is 9.34 Å². The maximum absolute atomic E-state index is 13.7. The van der Waals surface area contributed by atoms with Crippen molar-refractivity contribution in [1.82, 2.24) is 9.34 Å². The summed E-state index contributed by atoms with van der Waals surface area (Å²) in [7, 11) is -3.55. The van der Waals surface area contributed by atoms with Gasteiger partial charge in [-0.1, -0.05) is 0 Å². The summed E-state index contributed by atoms with van der Waals surface area (Å²) in [5.41, 5.74) is 0. The third-order valence-electron chi connectivity index (χ3n) is 3.54. The first-order valence-electron chi connectivity index (χ1n) is 7.93. The summed E-state index contributed by atoms with van der Waals surface area (Å²) >= 11 is 23.4. The van der Waals surface area contributed by atoms with Crippen molar-refractivity contribution < 1.29 is 18.7 Å². The molecule has 26 heavy (non-hydrogen) atoms. The third-order valence-corrected chi connectivity index (χ3v) is 6.93. The van der Waals surface area contributed by atoms with E-state index in [4.69, 9.17) is 55.7 Å². The fourth-order valence-electron chi connectivity index (χ4n) is 2.36. The molecule has 0 aromatic heterocycles. The fourth-order valence-corrected chi connectivity index (χ4v) is 6.10. The Labute approximate surface area is 173 Å². The smallest absolute Gasteiger partial charge is 0.424 e. The second-order valence-electron chi connectivity index (χ2n) is 5.22. The van der Waals surface area contributed by atoms with Crippen LogP contribution in [0.2, 0.25) is 0 Å². The molecule has 1 aliphatic rings. The molecule has 8 nitrogen and oxygen atoms in total. The highest BCUT2D eigenvalue weighted by atomic mass is 35.5. The SMILES string of the molecule is O=[N+]([O-])C1=CCC(COP(=O)(N(CCCl)CCCl)N(CCCl)CCCl)O1. The molecule has 1 aliphatic heterocycles. The van der Waals surface area contributed by atoms with Crippen LogP contribution < -0.4 is 0 Å². The summed E-state index contributed by atoms with van der Waals surface area (Å²) in [5.74, 6) is 0.587. The summed E-state index contributed by atoms with van der Waals surface area (Å²) in [4.78, 5) is 10.1. The lowest BCUT2D eigenvalue weighted by Crippen LogP contribution is -2.38. The van der Waals surface area contributed by atoms with Gasteiger partial charge in [0.2, 0.25) is 0 Å². The summed E-state index contributed by atoms with van der Waals surface area (Å²) in [6, 6.07) is 0. The zero-order valence-corrected chi connectivity index (χ0v) is 18.0. The Kier molecular flexibility index (Phi) is 11.8. The van der Waals surface area contributed by atoms with Crippen molar-refractivity contribution in [2.45, 2.75) is 12.5 Å². The topological polar surface area (TPSA) is 85.1 Å². The first-order chi connectivity index (χ1) is 12.4. The Hall–Kier alpha value is 0.210. The fraction of sp³-hybridized carbons (Fsp3) is 0.846.